The number of carbonyl (C=O) groups is 1. The summed E-state index contributed by atoms with van der Waals surface area (Å²) in [5.74, 6) is 0.246. The number of benzene rings is 1. The van der Waals surface area contributed by atoms with E-state index in [9.17, 15) is 9.18 Å². The lowest BCUT2D eigenvalue weighted by Gasteiger charge is -2.15. The summed E-state index contributed by atoms with van der Waals surface area (Å²) in [6, 6.07) is 4.45. The van der Waals surface area contributed by atoms with Crippen LogP contribution in [0.1, 0.15) is 22.5 Å². The zero-order valence-electron chi connectivity index (χ0n) is 10.6. The summed E-state index contributed by atoms with van der Waals surface area (Å²) in [4.78, 5) is 14.6. The van der Waals surface area contributed by atoms with Crippen molar-refractivity contribution in [2.45, 2.75) is 12.8 Å². The van der Waals surface area contributed by atoms with Gasteiger partial charge < -0.3 is 10.6 Å². The van der Waals surface area contributed by atoms with E-state index in [0.717, 1.165) is 11.2 Å². The fourth-order valence-corrected chi connectivity index (χ4v) is 3.29. The van der Waals surface area contributed by atoms with E-state index >= 15 is 0 Å². The topological polar surface area (TPSA) is 46.3 Å². The summed E-state index contributed by atoms with van der Waals surface area (Å²) in [6.07, 6.45) is 2.40. The molecule has 2 N–H and O–H groups in total. The molecule has 1 fully saturated rings. The first-order chi connectivity index (χ1) is 9.06. The van der Waals surface area contributed by atoms with Gasteiger partial charge in [-0.2, -0.15) is 0 Å². The van der Waals surface area contributed by atoms with Crippen LogP contribution in [0.5, 0.6) is 0 Å². The van der Waals surface area contributed by atoms with Crippen LogP contribution in [0.3, 0.4) is 0 Å². The second kappa shape index (κ2) is 4.49. The summed E-state index contributed by atoms with van der Waals surface area (Å²) in [6.45, 7) is 0.779. The monoisotopic (exact) mass is 278 g/mol. The van der Waals surface area contributed by atoms with Crippen LogP contribution in [0, 0.1) is 11.7 Å². The Morgan fingerprint density at radius 3 is 2.95 bits per heavy atom. The molecule has 1 aromatic carbocycles. The van der Waals surface area contributed by atoms with E-state index in [-0.39, 0.29) is 11.7 Å². The summed E-state index contributed by atoms with van der Waals surface area (Å²) in [5, 5.41) is 0.633. The van der Waals surface area contributed by atoms with Gasteiger partial charge in [0.1, 0.15) is 10.7 Å². The Labute approximate surface area is 114 Å². The lowest BCUT2D eigenvalue weighted by Crippen LogP contribution is -2.28. The number of nitrogens with zero attached hydrogens (tertiary/aromatic N) is 1. The number of nitrogens with two attached hydrogens (primary N) is 1. The molecule has 100 valence electrons. The molecule has 0 atom stereocenters. The van der Waals surface area contributed by atoms with Crippen LogP contribution in [0.25, 0.3) is 10.1 Å². The molecule has 0 aliphatic heterocycles. The van der Waals surface area contributed by atoms with Crippen molar-refractivity contribution in [2.75, 3.05) is 19.3 Å². The van der Waals surface area contributed by atoms with Gasteiger partial charge in [-0.05, 0) is 37.0 Å². The third kappa shape index (κ3) is 2.30. The maximum atomic E-state index is 13.2. The van der Waals surface area contributed by atoms with Gasteiger partial charge in [0.05, 0.1) is 5.69 Å². The molecule has 2 aromatic rings. The maximum absolute atomic E-state index is 13.2. The van der Waals surface area contributed by atoms with Gasteiger partial charge in [-0.25, -0.2) is 4.39 Å². The second-order valence-corrected chi connectivity index (χ2v) is 6.17. The maximum Gasteiger partial charge on any atom is 0.265 e. The molecule has 1 aliphatic rings. The Morgan fingerprint density at radius 1 is 1.53 bits per heavy atom. The van der Waals surface area contributed by atoms with Crippen molar-refractivity contribution >= 4 is 33.0 Å². The van der Waals surface area contributed by atoms with E-state index in [1.54, 1.807) is 18.0 Å². The van der Waals surface area contributed by atoms with Gasteiger partial charge in [-0.3, -0.25) is 4.79 Å². The summed E-state index contributed by atoms with van der Waals surface area (Å²) in [7, 11) is 1.80. The highest BCUT2D eigenvalue weighted by Gasteiger charge is 2.27. The lowest BCUT2D eigenvalue weighted by molar-refractivity contribution is 0.0794. The average Bonchev–Trinajstić information content (AvgIpc) is 3.14. The van der Waals surface area contributed by atoms with Crippen molar-refractivity contribution in [3.8, 4) is 0 Å². The number of nitrogen functional groups attached to an aromatic ring is 1. The van der Waals surface area contributed by atoms with Crippen LogP contribution < -0.4 is 5.73 Å². The number of halogens is 1. The van der Waals surface area contributed by atoms with Crippen LogP contribution in [0.4, 0.5) is 10.1 Å². The van der Waals surface area contributed by atoms with E-state index in [2.05, 4.69) is 0 Å². The first-order valence-electron chi connectivity index (χ1n) is 6.29. The predicted molar refractivity (Wildman–Crippen MR) is 75.9 cm³/mol. The fourth-order valence-electron chi connectivity index (χ4n) is 2.19. The molecule has 3 rings (SSSR count). The molecular weight excluding hydrogens is 263 g/mol. The Kier molecular flexibility index (Phi) is 2.93. The standard InChI is InChI=1S/C14H15FN2OS/c1-17(7-8-2-3-8)14(18)13-12(16)10-6-9(15)4-5-11(10)19-13/h4-6,8H,2-3,7,16H2,1H3. The Hall–Kier alpha value is -1.62. The van der Waals surface area contributed by atoms with Crippen LogP contribution in [0.15, 0.2) is 18.2 Å². The molecule has 1 aliphatic carbocycles. The van der Waals surface area contributed by atoms with Crippen molar-refractivity contribution in [3.63, 3.8) is 0 Å². The smallest absolute Gasteiger partial charge is 0.265 e. The number of amides is 1. The zero-order valence-corrected chi connectivity index (χ0v) is 11.5. The molecule has 5 heteroatoms. The van der Waals surface area contributed by atoms with Crippen LogP contribution in [-0.4, -0.2) is 24.4 Å². The third-order valence-corrected chi connectivity index (χ3v) is 4.63. The minimum Gasteiger partial charge on any atom is -0.397 e. The molecule has 1 heterocycles. The fraction of sp³-hybridized carbons (Fsp3) is 0.357. The van der Waals surface area contributed by atoms with E-state index in [4.69, 9.17) is 5.73 Å². The molecule has 19 heavy (non-hydrogen) atoms. The number of carbonyl (C=O) groups excluding carboxylic acids is 1. The number of rotatable bonds is 3. The van der Waals surface area contributed by atoms with Crippen molar-refractivity contribution in [3.05, 3.63) is 28.9 Å². The van der Waals surface area contributed by atoms with Crippen molar-refractivity contribution in [2.24, 2.45) is 5.92 Å². The van der Waals surface area contributed by atoms with Gasteiger partial charge in [0, 0.05) is 23.7 Å². The molecule has 0 spiro atoms. The van der Waals surface area contributed by atoms with Gasteiger partial charge in [0.25, 0.3) is 5.91 Å². The summed E-state index contributed by atoms with van der Waals surface area (Å²) in [5.41, 5.74) is 6.38. The molecule has 1 saturated carbocycles. The average molecular weight is 278 g/mol. The van der Waals surface area contributed by atoms with Gasteiger partial charge in [-0.1, -0.05) is 0 Å². The molecule has 3 nitrogen and oxygen atoms in total. The normalized spacial score (nSPS) is 14.8. The molecule has 0 unspecified atom stereocenters. The van der Waals surface area contributed by atoms with E-state index in [1.165, 1.54) is 36.3 Å². The van der Waals surface area contributed by atoms with Gasteiger partial charge in [0.2, 0.25) is 0 Å². The van der Waals surface area contributed by atoms with Gasteiger partial charge >= 0.3 is 0 Å². The highest BCUT2D eigenvalue weighted by molar-refractivity contribution is 7.21. The van der Waals surface area contributed by atoms with E-state index in [1.807, 2.05) is 0 Å². The van der Waals surface area contributed by atoms with Crippen LogP contribution in [0.2, 0.25) is 0 Å². The van der Waals surface area contributed by atoms with Gasteiger partial charge in [-0.15, -0.1) is 11.3 Å². The first-order valence-corrected chi connectivity index (χ1v) is 7.11. The van der Waals surface area contributed by atoms with Crippen molar-refractivity contribution in [1.82, 2.24) is 4.90 Å². The first kappa shape index (κ1) is 12.4. The molecular formula is C14H15FN2OS. The second-order valence-electron chi connectivity index (χ2n) is 5.11. The Morgan fingerprint density at radius 2 is 2.26 bits per heavy atom. The largest absolute Gasteiger partial charge is 0.397 e. The summed E-state index contributed by atoms with van der Waals surface area (Å²) < 4.78 is 14.1. The predicted octanol–water partition coefficient (Wildman–Crippen LogP) is 3.10. The number of fused-ring (bicyclic) bond motifs is 1. The van der Waals surface area contributed by atoms with E-state index in [0.29, 0.717) is 21.9 Å². The Balaban J connectivity index is 1.95. The number of thiophene rings is 1. The minimum atomic E-state index is -0.331. The highest BCUT2D eigenvalue weighted by Crippen LogP contribution is 2.35. The quantitative estimate of drug-likeness (QED) is 0.937. The molecule has 0 saturated heterocycles. The molecule has 0 bridgehead atoms. The number of hydrogen-bond acceptors (Lipinski definition) is 3. The van der Waals surface area contributed by atoms with E-state index < -0.39 is 0 Å². The number of anilines is 1. The number of hydrogen-bond donors (Lipinski definition) is 1. The van der Waals surface area contributed by atoms with Crippen LogP contribution >= 0.6 is 11.3 Å². The van der Waals surface area contributed by atoms with Gasteiger partial charge in [0.15, 0.2) is 0 Å². The third-order valence-electron chi connectivity index (χ3n) is 3.46. The highest BCUT2D eigenvalue weighted by atomic mass is 32.1. The SMILES string of the molecule is CN(CC1CC1)C(=O)c1sc2ccc(F)cc2c1N. The van der Waals surface area contributed by atoms with Crippen molar-refractivity contribution in [1.29, 1.82) is 0 Å². The molecule has 0 radical (unpaired) electrons. The van der Waals surface area contributed by atoms with Crippen molar-refractivity contribution < 1.29 is 9.18 Å². The zero-order chi connectivity index (χ0) is 13.6. The summed E-state index contributed by atoms with van der Waals surface area (Å²) >= 11 is 1.33. The Bertz CT molecular complexity index is 648. The molecule has 1 amide bonds. The van der Waals surface area contributed by atoms with Crippen LogP contribution in [-0.2, 0) is 0 Å². The lowest BCUT2D eigenvalue weighted by atomic mass is 10.2. The minimum absolute atomic E-state index is 0.0639. The molecule has 1 aromatic heterocycles.